The minimum absolute atomic E-state index is 0.00505. The summed E-state index contributed by atoms with van der Waals surface area (Å²) >= 11 is 1.27. The quantitative estimate of drug-likeness (QED) is 0.342. The molecule has 1 saturated heterocycles. The minimum atomic E-state index is -0.134. The van der Waals surface area contributed by atoms with Crippen molar-refractivity contribution in [3.8, 4) is 0 Å². The van der Waals surface area contributed by atoms with Crippen LogP contribution in [0.1, 0.15) is 61.4 Å². The summed E-state index contributed by atoms with van der Waals surface area (Å²) in [4.78, 5) is 8.25. The lowest BCUT2D eigenvalue weighted by molar-refractivity contribution is -0.0435. The number of nitrogens with zero attached hydrogens (tertiary/aromatic N) is 2. The molecule has 1 fully saturated rings. The highest BCUT2D eigenvalue weighted by molar-refractivity contribution is 7.10. The Morgan fingerprint density at radius 1 is 1.15 bits per heavy atom. The van der Waals surface area contributed by atoms with Gasteiger partial charge in [-0.25, -0.2) is 0 Å². The fourth-order valence-electron chi connectivity index (χ4n) is 5.21. The van der Waals surface area contributed by atoms with Gasteiger partial charge in [0.1, 0.15) is 0 Å². The van der Waals surface area contributed by atoms with Gasteiger partial charge in [0, 0.05) is 40.9 Å². The lowest BCUT2D eigenvalue weighted by Crippen LogP contribution is -2.43. The van der Waals surface area contributed by atoms with Crippen molar-refractivity contribution in [2.75, 3.05) is 19.7 Å². The minimum Gasteiger partial charge on any atom is -0.373 e. The molecule has 0 N–H and O–H groups in total. The van der Waals surface area contributed by atoms with Crippen LogP contribution in [0.3, 0.4) is 0 Å². The average Bonchev–Trinajstić information content (AvgIpc) is 3.44. The molecule has 0 spiro atoms. The summed E-state index contributed by atoms with van der Waals surface area (Å²) < 4.78 is 20.2. The second-order valence-corrected chi connectivity index (χ2v) is 10.9. The molecule has 1 aliphatic heterocycles. The summed E-state index contributed by atoms with van der Waals surface area (Å²) in [6, 6.07) is 18.4. The third-order valence-corrected chi connectivity index (χ3v) is 8.22. The maximum atomic E-state index is 13.7. The Bertz CT molecular complexity index is 1030. The van der Waals surface area contributed by atoms with Crippen molar-refractivity contribution in [1.82, 2.24) is 9.88 Å². The van der Waals surface area contributed by atoms with Crippen LogP contribution < -0.4 is 0 Å². The van der Waals surface area contributed by atoms with Gasteiger partial charge in [0.2, 0.25) is 0 Å². The third kappa shape index (κ3) is 5.21. The summed E-state index contributed by atoms with van der Waals surface area (Å²) in [7, 11) is 0. The highest BCUT2D eigenvalue weighted by Crippen LogP contribution is 2.50. The van der Waals surface area contributed by atoms with Gasteiger partial charge < -0.3 is 4.74 Å². The zero-order valence-electron chi connectivity index (χ0n) is 20.2. The van der Waals surface area contributed by atoms with Crippen LogP contribution in [0.4, 0.5) is 4.39 Å². The first-order valence-electron chi connectivity index (χ1n) is 11.9. The van der Waals surface area contributed by atoms with E-state index in [1.54, 1.807) is 6.07 Å². The number of aryl methyl sites for hydroxylation is 2. The molecule has 1 aromatic carbocycles. The fourth-order valence-corrected chi connectivity index (χ4v) is 5.94. The molecule has 0 aliphatic carbocycles. The van der Waals surface area contributed by atoms with E-state index in [1.165, 1.54) is 22.5 Å². The number of rotatable bonds is 9. The first kappa shape index (κ1) is 24.1. The van der Waals surface area contributed by atoms with Crippen LogP contribution in [-0.2, 0) is 16.7 Å². The molecule has 4 rings (SSSR count). The van der Waals surface area contributed by atoms with E-state index in [-0.39, 0.29) is 22.2 Å². The van der Waals surface area contributed by atoms with Crippen LogP contribution >= 0.6 is 11.3 Å². The van der Waals surface area contributed by atoms with Crippen molar-refractivity contribution in [2.45, 2.75) is 58.6 Å². The molecule has 3 heterocycles. The second kappa shape index (κ2) is 10.0. The molecule has 1 aliphatic rings. The number of hydrogen-bond donors (Lipinski definition) is 0. The highest BCUT2D eigenvalue weighted by atomic mass is 32.1. The Hall–Kier alpha value is -2.08. The fraction of sp³-hybridized carbons (Fsp3) is 0.464. The molecule has 0 unspecified atom stereocenters. The van der Waals surface area contributed by atoms with E-state index in [9.17, 15) is 4.39 Å². The lowest BCUT2D eigenvalue weighted by atomic mass is 9.74. The second-order valence-electron chi connectivity index (χ2n) is 9.73. The molecular weight excluding hydrogens is 431 g/mol. The van der Waals surface area contributed by atoms with E-state index in [0.717, 1.165) is 42.9 Å². The monoisotopic (exact) mass is 466 g/mol. The van der Waals surface area contributed by atoms with Crippen LogP contribution in [-0.4, -0.2) is 29.6 Å². The summed E-state index contributed by atoms with van der Waals surface area (Å²) in [6.07, 6.45) is 4.89. The van der Waals surface area contributed by atoms with Gasteiger partial charge in [0.25, 0.3) is 0 Å². The van der Waals surface area contributed by atoms with Gasteiger partial charge in [-0.3, -0.25) is 9.88 Å². The number of halogens is 1. The Labute approximate surface area is 201 Å². The molecule has 5 heteroatoms. The predicted molar refractivity (Wildman–Crippen MR) is 134 cm³/mol. The standard InChI is InChI=1S/C28H35FN2OS/c1-5-32-26(22-9-7-6-8-10-22)28(16-15-24-13-14-25(29)33-24)17-18-31(20-28)27(3,4)23-12-11-21(2)30-19-23/h6-14,19,26H,5,15-18,20H2,1-4H3/t26-,28-/m1/s1. The van der Waals surface area contributed by atoms with Crippen LogP contribution in [0.15, 0.2) is 60.8 Å². The first-order chi connectivity index (χ1) is 15.8. The zero-order chi connectivity index (χ0) is 23.5. The van der Waals surface area contributed by atoms with Gasteiger partial charge in [-0.05, 0) is 82.8 Å². The predicted octanol–water partition coefficient (Wildman–Crippen LogP) is 6.93. The van der Waals surface area contributed by atoms with Crippen molar-refractivity contribution in [3.05, 3.63) is 87.6 Å². The van der Waals surface area contributed by atoms with E-state index in [2.05, 4.69) is 73.1 Å². The van der Waals surface area contributed by atoms with Gasteiger partial charge >= 0.3 is 0 Å². The lowest BCUT2D eigenvalue weighted by Gasteiger charge is -2.41. The van der Waals surface area contributed by atoms with Crippen molar-refractivity contribution >= 4 is 11.3 Å². The Morgan fingerprint density at radius 2 is 1.94 bits per heavy atom. The Kier molecular flexibility index (Phi) is 7.32. The van der Waals surface area contributed by atoms with Gasteiger partial charge in [0.15, 0.2) is 5.13 Å². The van der Waals surface area contributed by atoms with E-state index >= 15 is 0 Å². The van der Waals surface area contributed by atoms with Crippen molar-refractivity contribution in [2.24, 2.45) is 5.41 Å². The van der Waals surface area contributed by atoms with E-state index in [4.69, 9.17) is 4.74 Å². The molecule has 3 aromatic rings. The van der Waals surface area contributed by atoms with Crippen molar-refractivity contribution in [3.63, 3.8) is 0 Å². The summed E-state index contributed by atoms with van der Waals surface area (Å²) in [5.74, 6) is 0. The number of ether oxygens (including phenoxy) is 1. The van der Waals surface area contributed by atoms with Crippen LogP contribution in [0.2, 0.25) is 0 Å². The maximum absolute atomic E-state index is 13.7. The van der Waals surface area contributed by atoms with Gasteiger partial charge in [-0.15, -0.1) is 11.3 Å². The van der Waals surface area contributed by atoms with Crippen LogP contribution in [0, 0.1) is 17.5 Å². The first-order valence-corrected chi connectivity index (χ1v) is 12.7. The third-order valence-electron chi connectivity index (χ3n) is 7.28. The molecule has 33 heavy (non-hydrogen) atoms. The number of benzene rings is 1. The number of pyridine rings is 1. The topological polar surface area (TPSA) is 25.4 Å². The maximum Gasteiger partial charge on any atom is 0.176 e. The molecule has 176 valence electrons. The SMILES string of the molecule is CCO[C@H](c1ccccc1)[C@]1(CCc2ccc(F)s2)CCN(C(C)(C)c2ccc(C)nc2)C1. The van der Waals surface area contributed by atoms with E-state index in [1.807, 2.05) is 19.2 Å². The van der Waals surface area contributed by atoms with E-state index in [0.29, 0.717) is 6.61 Å². The van der Waals surface area contributed by atoms with Gasteiger partial charge in [-0.2, -0.15) is 4.39 Å². The van der Waals surface area contributed by atoms with Crippen LogP contribution in [0.25, 0.3) is 0 Å². The summed E-state index contributed by atoms with van der Waals surface area (Å²) in [5.41, 5.74) is 3.32. The summed E-state index contributed by atoms with van der Waals surface area (Å²) in [5, 5.41) is -0.107. The molecular formula is C28H35FN2OS. The number of aromatic nitrogens is 1. The van der Waals surface area contributed by atoms with E-state index < -0.39 is 0 Å². The number of thiophene rings is 1. The van der Waals surface area contributed by atoms with Crippen molar-refractivity contribution in [1.29, 1.82) is 0 Å². The average molecular weight is 467 g/mol. The normalized spacial score (nSPS) is 20.3. The molecule has 0 amide bonds. The molecule has 2 atom stereocenters. The largest absolute Gasteiger partial charge is 0.373 e. The Balaban J connectivity index is 1.66. The number of likely N-dealkylation sites (tertiary alicyclic amines) is 1. The molecule has 3 nitrogen and oxygen atoms in total. The van der Waals surface area contributed by atoms with Crippen LogP contribution in [0.5, 0.6) is 0 Å². The molecule has 0 bridgehead atoms. The van der Waals surface area contributed by atoms with Gasteiger partial charge in [0.05, 0.1) is 6.10 Å². The summed E-state index contributed by atoms with van der Waals surface area (Å²) in [6.45, 7) is 11.3. The zero-order valence-corrected chi connectivity index (χ0v) is 21.0. The smallest absolute Gasteiger partial charge is 0.176 e. The number of hydrogen-bond acceptors (Lipinski definition) is 4. The molecule has 0 saturated carbocycles. The molecule has 0 radical (unpaired) electrons. The van der Waals surface area contributed by atoms with Gasteiger partial charge in [-0.1, -0.05) is 36.4 Å². The molecule has 2 aromatic heterocycles. The van der Waals surface area contributed by atoms with Crippen molar-refractivity contribution < 1.29 is 9.13 Å². The highest BCUT2D eigenvalue weighted by Gasteiger charge is 2.48. The Morgan fingerprint density at radius 3 is 2.58 bits per heavy atom.